The van der Waals surface area contributed by atoms with E-state index in [0.717, 1.165) is 27.8 Å². The molecule has 2 aromatic heterocycles. The van der Waals surface area contributed by atoms with Crippen molar-refractivity contribution in [2.24, 2.45) is 0 Å². The van der Waals surface area contributed by atoms with Gasteiger partial charge in [0.2, 0.25) is 0 Å². The molecule has 4 aromatic carbocycles. The van der Waals surface area contributed by atoms with Crippen molar-refractivity contribution >= 4 is 6.08 Å². The Balaban J connectivity index is 1.42. The average molecular weight is 487 g/mol. The first-order valence-corrected chi connectivity index (χ1v) is 12.7. The molecule has 0 unspecified atom stereocenters. The fraction of sp³-hybridized carbons (Fsp3) is 0. The van der Waals surface area contributed by atoms with E-state index in [1.807, 2.05) is 30.6 Å². The van der Waals surface area contributed by atoms with E-state index in [1.165, 1.54) is 33.4 Å². The zero-order chi connectivity index (χ0) is 25.7. The second-order valence-corrected chi connectivity index (χ2v) is 9.26. The zero-order valence-electron chi connectivity index (χ0n) is 21.0. The Hall–Kier alpha value is -5.08. The van der Waals surface area contributed by atoms with Crippen LogP contribution in [0.2, 0.25) is 0 Å². The van der Waals surface area contributed by atoms with Gasteiger partial charge in [0, 0.05) is 24.8 Å². The van der Waals surface area contributed by atoms with Gasteiger partial charge in [0.1, 0.15) is 0 Å². The van der Waals surface area contributed by atoms with Gasteiger partial charge < -0.3 is 0 Å². The number of nitrogens with zero attached hydrogens (tertiary/aromatic N) is 2. The standard InChI is InChI=1S/C36H26N2/c1-2-26-7-9-29(10-8-26)34-21-35(30-15-11-27(12-16-30)32-5-3-19-37-24-32)23-36(22-34)31-17-13-28(14-18-31)33-6-4-20-38-25-33/h2-25H,1H2. The molecule has 0 aliphatic heterocycles. The van der Waals surface area contributed by atoms with Gasteiger partial charge >= 0.3 is 0 Å². The first kappa shape index (κ1) is 23.3. The molecule has 0 radical (unpaired) electrons. The summed E-state index contributed by atoms with van der Waals surface area (Å²) in [5.74, 6) is 0. The van der Waals surface area contributed by atoms with E-state index in [2.05, 4.69) is 120 Å². The van der Waals surface area contributed by atoms with Crippen LogP contribution in [0.25, 0.3) is 61.7 Å². The summed E-state index contributed by atoms with van der Waals surface area (Å²) in [6, 6.07) is 40.9. The van der Waals surface area contributed by atoms with E-state index < -0.39 is 0 Å². The van der Waals surface area contributed by atoms with Crippen LogP contribution in [-0.2, 0) is 0 Å². The fourth-order valence-electron chi connectivity index (χ4n) is 4.72. The van der Waals surface area contributed by atoms with Crippen LogP contribution in [0.5, 0.6) is 0 Å². The maximum Gasteiger partial charge on any atom is 0.0346 e. The third-order valence-corrected chi connectivity index (χ3v) is 6.84. The third kappa shape index (κ3) is 4.93. The summed E-state index contributed by atoms with van der Waals surface area (Å²) in [4.78, 5) is 8.52. The third-order valence-electron chi connectivity index (χ3n) is 6.84. The molecule has 2 heterocycles. The predicted molar refractivity (Wildman–Crippen MR) is 159 cm³/mol. The zero-order valence-corrected chi connectivity index (χ0v) is 21.0. The molecule has 0 aliphatic carbocycles. The van der Waals surface area contributed by atoms with Crippen LogP contribution in [0.3, 0.4) is 0 Å². The maximum absolute atomic E-state index is 4.26. The molecule has 2 nitrogen and oxygen atoms in total. The molecule has 0 atom stereocenters. The molecule has 0 saturated heterocycles. The number of aromatic nitrogens is 2. The van der Waals surface area contributed by atoms with Gasteiger partial charge in [-0.3, -0.25) is 9.97 Å². The quantitative estimate of drug-likeness (QED) is 0.234. The number of hydrogen-bond acceptors (Lipinski definition) is 2. The number of pyridine rings is 2. The lowest BCUT2D eigenvalue weighted by molar-refractivity contribution is 1.33. The highest BCUT2D eigenvalue weighted by Gasteiger charge is 2.09. The molecular formula is C36H26N2. The van der Waals surface area contributed by atoms with Crippen LogP contribution in [0.4, 0.5) is 0 Å². The molecule has 6 aromatic rings. The number of rotatable bonds is 6. The van der Waals surface area contributed by atoms with Crippen LogP contribution in [0.15, 0.2) is 147 Å². The molecule has 38 heavy (non-hydrogen) atoms. The van der Waals surface area contributed by atoms with Crippen molar-refractivity contribution in [3.05, 3.63) is 152 Å². The lowest BCUT2D eigenvalue weighted by atomic mass is 9.92. The Bertz CT molecular complexity index is 1570. The van der Waals surface area contributed by atoms with E-state index in [-0.39, 0.29) is 0 Å². The monoisotopic (exact) mass is 486 g/mol. The first-order chi connectivity index (χ1) is 18.8. The molecule has 0 N–H and O–H groups in total. The summed E-state index contributed by atoms with van der Waals surface area (Å²) in [6.07, 6.45) is 9.27. The molecule has 0 saturated carbocycles. The van der Waals surface area contributed by atoms with Crippen molar-refractivity contribution in [3.63, 3.8) is 0 Å². The van der Waals surface area contributed by atoms with Gasteiger partial charge in [-0.15, -0.1) is 0 Å². The molecule has 0 fully saturated rings. The Morgan fingerprint density at radius 1 is 0.395 bits per heavy atom. The SMILES string of the molecule is C=Cc1ccc(-c2cc(-c3ccc(-c4cccnc4)cc3)cc(-c3ccc(-c4cccnc4)cc3)c2)cc1. The van der Waals surface area contributed by atoms with Crippen LogP contribution >= 0.6 is 0 Å². The second kappa shape index (κ2) is 10.5. The summed E-state index contributed by atoms with van der Waals surface area (Å²) in [5.41, 5.74) is 12.7. The Morgan fingerprint density at radius 3 is 1.05 bits per heavy atom. The van der Waals surface area contributed by atoms with Crippen molar-refractivity contribution in [1.29, 1.82) is 0 Å². The average Bonchev–Trinajstić information content (AvgIpc) is 3.02. The van der Waals surface area contributed by atoms with E-state index in [9.17, 15) is 0 Å². The Morgan fingerprint density at radius 2 is 0.737 bits per heavy atom. The van der Waals surface area contributed by atoms with E-state index >= 15 is 0 Å². The lowest BCUT2D eigenvalue weighted by Gasteiger charge is -2.13. The molecule has 0 aliphatic rings. The fourth-order valence-corrected chi connectivity index (χ4v) is 4.72. The minimum Gasteiger partial charge on any atom is -0.264 e. The summed E-state index contributed by atoms with van der Waals surface area (Å²) in [5, 5.41) is 0. The molecule has 0 spiro atoms. The van der Waals surface area contributed by atoms with E-state index in [4.69, 9.17) is 0 Å². The number of benzene rings is 4. The Kier molecular flexibility index (Phi) is 6.44. The van der Waals surface area contributed by atoms with Gasteiger partial charge in [0.25, 0.3) is 0 Å². The number of hydrogen-bond donors (Lipinski definition) is 0. The Labute approximate surface area is 223 Å². The molecule has 2 heteroatoms. The summed E-state index contributed by atoms with van der Waals surface area (Å²) in [6.45, 7) is 3.89. The molecular weight excluding hydrogens is 460 g/mol. The summed E-state index contributed by atoms with van der Waals surface area (Å²) >= 11 is 0. The largest absolute Gasteiger partial charge is 0.264 e. The minimum atomic E-state index is 1.11. The van der Waals surface area contributed by atoms with Crippen molar-refractivity contribution in [2.45, 2.75) is 0 Å². The lowest BCUT2D eigenvalue weighted by Crippen LogP contribution is -1.87. The van der Waals surface area contributed by atoms with Crippen molar-refractivity contribution < 1.29 is 0 Å². The smallest absolute Gasteiger partial charge is 0.0346 e. The minimum absolute atomic E-state index is 1.11. The van der Waals surface area contributed by atoms with Crippen LogP contribution in [0.1, 0.15) is 5.56 Å². The highest BCUT2D eigenvalue weighted by atomic mass is 14.6. The second-order valence-electron chi connectivity index (χ2n) is 9.26. The first-order valence-electron chi connectivity index (χ1n) is 12.7. The molecule has 180 valence electrons. The van der Waals surface area contributed by atoms with Gasteiger partial charge in [-0.1, -0.05) is 97.6 Å². The van der Waals surface area contributed by atoms with Crippen molar-refractivity contribution in [3.8, 4) is 55.6 Å². The van der Waals surface area contributed by atoms with Crippen molar-refractivity contribution in [1.82, 2.24) is 9.97 Å². The summed E-state index contributed by atoms with van der Waals surface area (Å²) < 4.78 is 0. The van der Waals surface area contributed by atoms with Crippen LogP contribution in [-0.4, -0.2) is 9.97 Å². The van der Waals surface area contributed by atoms with Gasteiger partial charge in [0.15, 0.2) is 0 Å². The van der Waals surface area contributed by atoms with Crippen LogP contribution in [0, 0.1) is 0 Å². The van der Waals surface area contributed by atoms with Crippen molar-refractivity contribution in [2.75, 3.05) is 0 Å². The predicted octanol–water partition coefficient (Wildman–Crippen LogP) is 9.45. The van der Waals surface area contributed by atoms with Crippen LogP contribution < -0.4 is 0 Å². The van der Waals surface area contributed by atoms with E-state index in [1.54, 1.807) is 12.4 Å². The topological polar surface area (TPSA) is 25.8 Å². The molecule has 0 bridgehead atoms. The van der Waals surface area contributed by atoms with Gasteiger partial charge in [-0.2, -0.15) is 0 Å². The van der Waals surface area contributed by atoms with Gasteiger partial charge in [-0.25, -0.2) is 0 Å². The summed E-state index contributed by atoms with van der Waals surface area (Å²) in [7, 11) is 0. The molecule has 0 amide bonds. The molecule has 6 rings (SSSR count). The normalized spacial score (nSPS) is 10.7. The highest BCUT2D eigenvalue weighted by Crippen LogP contribution is 2.34. The van der Waals surface area contributed by atoms with Gasteiger partial charge in [0.05, 0.1) is 0 Å². The van der Waals surface area contributed by atoms with E-state index in [0.29, 0.717) is 0 Å². The van der Waals surface area contributed by atoms with Gasteiger partial charge in [-0.05, 0) is 91.5 Å². The highest BCUT2D eigenvalue weighted by molar-refractivity contribution is 5.83. The maximum atomic E-state index is 4.26.